The lowest BCUT2D eigenvalue weighted by atomic mass is 9.94. The van der Waals surface area contributed by atoms with Crippen LogP contribution in [0.1, 0.15) is 43.0 Å². The van der Waals surface area contributed by atoms with Crippen molar-refractivity contribution in [1.29, 1.82) is 0 Å². The van der Waals surface area contributed by atoms with Crippen LogP contribution in [-0.4, -0.2) is 18.9 Å². The van der Waals surface area contributed by atoms with Crippen LogP contribution in [0.4, 0.5) is 0 Å². The van der Waals surface area contributed by atoms with Gasteiger partial charge in [-0.2, -0.15) is 0 Å². The van der Waals surface area contributed by atoms with Gasteiger partial charge < -0.3 is 4.74 Å². The lowest BCUT2D eigenvalue weighted by Crippen LogP contribution is -2.06. The van der Waals surface area contributed by atoms with E-state index in [1.165, 1.54) is 12.7 Å². The summed E-state index contributed by atoms with van der Waals surface area (Å²) in [5.41, 5.74) is 4.92. The van der Waals surface area contributed by atoms with Crippen molar-refractivity contribution in [3.05, 3.63) is 69.8 Å². The number of carbonyl (C=O) groups excluding carboxylic acids is 2. The fourth-order valence-corrected chi connectivity index (χ4v) is 2.24. The Bertz CT molecular complexity index is 697. The van der Waals surface area contributed by atoms with Gasteiger partial charge in [0.25, 0.3) is 0 Å². The minimum absolute atomic E-state index is 0.0352. The molecule has 0 heterocycles. The van der Waals surface area contributed by atoms with Crippen LogP contribution in [0.2, 0.25) is 0 Å². The Morgan fingerprint density at radius 3 is 1.90 bits per heavy atom. The zero-order valence-corrected chi connectivity index (χ0v) is 12.7. The molecule has 0 aliphatic rings. The number of hydrogen-bond donors (Lipinski definition) is 0. The van der Waals surface area contributed by atoms with Crippen LogP contribution < -0.4 is 0 Å². The number of aryl methyl sites for hydroxylation is 3. The molecule has 0 aliphatic heterocycles. The van der Waals surface area contributed by atoms with Gasteiger partial charge in [0.1, 0.15) is 0 Å². The van der Waals surface area contributed by atoms with Gasteiger partial charge in [0.2, 0.25) is 0 Å². The zero-order valence-electron chi connectivity index (χ0n) is 12.7. The molecule has 0 spiro atoms. The van der Waals surface area contributed by atoms with Crippen LogP contribution in [-0.2, 0) is 4.74 Å². The predicted molar refractivity (Wildman–Crippen MR) is 81.9 cm³/mol. The van der Waals surface area contributed by atoms with E-state index < -0.39 is 5.97 Å². The summed E-state index contributed by atoms with van der Waals surface area (Å²) >= 11 is 0. The molecule has 2 aromatic carbocycles. The molecule has 0 saturated carbocycles. The van der Waals surface area contributed by atoms with E-state index in [0.29, 0.717) is 16.7 Å². The molecule has 0 unspecified atom stereocenters. The Kier molecular flexibility index (Phi) is 4.22. The minimum atomic E-state index is -0.406. The van der Waals surface area contributed by atoms with Crippen molar-refractivity contribution < 1.29 is 14.3 Å². The fourth-order valence-electron chi connectivity index (χ4n) is 2.24. The molecule has 3 nitrogen and oxygen atoms in total. The van der Waals surface area contributed by atoms with Gasteiger partial charge in [-0.15, -0.1) is 0 Å². The first kappa shape index (κ1) is 15.0. The molecular weight excluding hydrogens is 264 g/mol. The van der Waals surface area contributed by atoms with E-state index in [1.54, 1.807) is 24.3 Å². The van der Waals surface area contributed by atoms with Crippen molar-refractivity contribution >= 4 is 11.8 Å². The van der Waals surface area contributed by atoms with Crippen molar-refractivity contribution in [2.75, 3.05) is 7.11 Å². The number of benzene rings is 2. The highest BCUT2D eigenvalue weighted by Crippen LogP contribution is 2.19. The molecule has 0 amide bonds. The standard InChI is InChI=1S/C18H18O3/c1-11-9-13(3)16(10-12(11)2)17(19)14-5-7-15(8-6-14)18(20)21-4/h5-10H,1-4H3. The van der Waals surface area contributed by atoms with Crippen LogP contribution in [0.3, 0.4) is 0 Å². The van der Waals surface area contributed by atoms with Crippen molar-refractivity contribution in [2.24, 2.45) is 0 Å². The van der Waals surface area contributed by atoms with Gasteiger partial charge in [-0.05, 0) is 55.7 Å². The van der Waals surface area contributed by atoms with E-state index in [0.717, 1.165) is 11.1 Å². The third-order valence-electron chi connectivity index (χ3n) is 3.65. The van der Waals surface area contributed by atoms with Crippen LogP contribution >= 0.6 is 0 Å². The van der Waals surface area contributed by atoms with E-state index in [2.05, 4.69) is 4.74 Å². The van der Waals surface area contributed by atoms with Gasteiger partial charge in [-0.3, -0.25) is 4.79 Å². The van der Waals surface area contributed by atoms with Gasteiger partial charge in [0.15, 0.2) is 5.78 Å². The molecule has 0 aliphatic carbocycles. The second-order valence-corrected chi connectivity index (χ2v) is 5.15. The molecule has 108 valence electrons. The first-order valence-electron chi connectivity index (χ1n) is 6.75. The molecule has 3 heteroatoms. The summed E-state index contributed by atoms with van der Waals surface area (Å²) in [5.74, 6) is -0.441. The number of esters is 1. The molecule has 0 fully saturated rings. The number of carbonyl (C=O) groups is 2. The van der Waals surface area contributed by atoms with Crippen molar-refractivity contribution in [3.63, 3.8) is 0 Å². The summed E-state index contributed by atoms with van der Waals surface area (Å²) in [4.78, 5) is 24.0. The Hall–Kier alpha value is -2.42. The molecule has 0 bridgehead atoms. The lowest BCUT2D eigenvalue weighted by molar-refractivity contribution is 0.0600. The summed E-state index contributed by atoms with van der Waals surface area (Å²) in [6.07, 6.45) is 0. The molecule has 0 atom stereocenters. The lowest BCUT2D eigenvalue weighted by Gasteiger charge is -2.09. The van der Waals surface area contributed by atoms with Crippen LogP contribution in [0.25, 0.3) is 0 Å². The Balaban J connectivity index is 2.36. The topological polar surface area (TPSA) is 43.4 Å². The predicted octanol–water partition coefficient (Wildman–Crippen LogP) is 3.63. The third kappa shape index (κ3) is 3.02. The van der Waals surface area contributed by atoms with E-state index in [-0.39, 0.29) is 5.78 Å². The van der Waals surface area contributed by atoms with Gasteiger partial charge in [0, 0.05) is 11.1 Å². The average molecular weight is 282 g/mol. The summed E-state index contributed by atoms with van der Waals surface area (Å²) < 4.78 is 4.65. The van der Waals surface area contributed by atoms with Crippen molar-refractivity contribution in [1.82, 2.24) is 0 Å². The highest BCUT2D eigenvalue weighted by atomic mass is 16.5. The third-order valence-corrected chi connectivity index (χ3v) is 3.65. The number of methoxy groups -OCH3 is 1. The average Bonchev–Trinajstić information content (AvgIpc) is 2.49. The highest BCUT2D eigenvalue weighted by Gasteiger charge is 2.14. The summed E-state index contributed by atoms with van der Waals surface area (Å²) in [7, 11) is 1.33. The van der Waals surface area contributed by atoms with E-state index in [9.17, 15) is 9.59 Å². The van der Waals surface area contributed by atoms with Crippen LogP contribution in [0.5, 0.6) is 0 Å². The largest absolute Gasteiger partial charge is 0.465 e. The molecular formula is C18H18O3. The molecule has 2 aromatic rings. The summed E-state index contributed by atoms with van der Waals surface area (Å²) in [5, 5.41) is 0. The maximum atomic E-state index is 12.6. The number of hydrogen-bond acceptors (Lipinski definition) is 3. The van der Waals surface area contributed by atoms with Gasteiger partial charge in [0.05, 0.1) is 12.7 Å². The second-order valence-electron chi connectivity index (χ2n) is 5.15. The Morgan fingerprint density at radius 1 is 0.810 bits per heavy atom. The molecule has 0 N–H and O–H groups in total. The maximum absolute atomic E-state index is 12.6. The van der Waals surface area contributed by atoms with Crippen LogP contribution in [0, 0.1) is 20.8 Å². The smallest absolute Gasteiger partial charge is 0.337 e. The number of ketones is 1. The van der Waals surface area contributed by atoms with Gasteiger partial charge in [-0.25, -0.2) is 4.79 Å². The maximum Gasteiger partial charge on any atom is 0.337 e. The van der Waals surface area contributed by atoms with E-state index >= 15 is 0 Å². The van der Waals surface area contributed by atoms with Gasteiger partial charge >= 0.3 is 5.97 Å². The first-order chi connectivity index (χ1) is 9.93. The summed E-state index contributed by atoms with van der Waals surface area (Å²) in [6, 6.07) is 10.5. The van der Waals surface area contributed by atoms with E-state index in [1.807, 2.05) is 32.9 Å². The molecule has 0 radical (unpaired) electrons. The minimum Gasteiger partial charge on any atom is -0.465 e. The molecule has 2 rings (SSSR count). The molecule has 0 saturated heterocycles. The Labute approximate surface area is 124 Å². The number of rotatable bonds is 3. The second kappa shape index (κ2) is 5.92. The van der Waals surface area contributed by atoms with E-state index in [4.69, 9.17) is 0 Å². The van der Waals surface area contributed by atoms with Crippen molar-refractivity contribution in [2.45, 2.75) is 20.8 Å². The number of ether oxygens (including phenoxy) is 1. The highest BCUT2D eigenvalue weighted by molar-refractivity contribution is 6.10. The fraction of sp³-hybridized carbons (Fsp3) is 0.222. The molecule has 21 heavy (non-hydrogen) atoms. The molecule has 0 aromatic heterocycles. The normalized spacial score (nSPS) is 10.3. The van der Waals surface area contributed by atoms with Gasteiger partial charge in [-0.1, -0.05) is 18.2 Å². The van der Waals surface area contributed by atoms with Crippen LogP contribution in [0.15, 0.2) is 36.4 Å². The van der Waals surface area contributed by atoms with Crippen molar-refractivity contribution in [3.8, 4) is 0 Å². The quantitative estimate of drug-likeness (QED) is 0.638. The Morgan fingerprint density at radius 2 is 1.33 bits per heavy atom. The zero-order chi connectivity index (χ0) is 15.6. The summed E-state index contributed by atoms with van der Waals surface area (Å²) in [6.45, 7) is 5.95. The monoisotopic (exact) mass is 282 g/mol. The SMILES string of the molecule is COC(=O)c1ccc(C(=O)c2cc(C)c(C)cc2C)cc1. The first-order valence-corrected chi connectivity index (χ1v) is 6.75.